The second-order valence-electron chi connectivity index (χ2n) is 4.60. The van der Waals surface area contributed by atoms with Crippen molar-refractivity contribution in [1.82, 2.24) is 5.43 Å². The maximum Gasteiger partial charge on any atom is 0.345 e. The minimum atomic E-state index is -0.507. The zero-order chi connectivity index (χ0) is 15.5. The number of benzene rings is 1. The normalized spacial score (nSPS) is 11.6. The van der Waals surface area contributed by atoms with Gasteiger partial charge >= 0.3 is 11.5 Å². The van der Waals surface area contributed by atoms with E-state index in [9.17, 15) is 9.59 Å². The molecule has 3 aromatic rings. The molecule has 3 rings (SSSR count). The first-order valence-electron chi connectivity index (χ1n) is 6.56. The van der Waals surface area contributed by atoms with Gasteiger partial charge in [0.25, 0.3) is 0 Å². The standard InChI is InChI=1S/C16H12N2O4/c1-10(17-18-15(19)14-7-4-8-21-14)12-9-11-5-2-3-6-13(11)22-16(12)20/h2-9H,1H3,(H,18,19)/b17-10-. The van der Waals surface area contributed by atoms with Gasteiger partial charge in [-0.25, -0.2) is 10.2 Å². The molecule has 6 nitrogen and oxygen atoms in total. The summed E-state index contributed by atoms with van der Waals surface area (Å²) in [6.45, 7) is 1.61. The molecule has 1 aromatic carbocycles. The molecule has 1 amide bonds. The molecule has 0 aliphatic heterocycles. The number of nitrogens with one attached hydrogen (secondary N) is 1. The second-order valence-corrected chi connectivity index (χ2v) is 4.60. The van der Waals surface area contributed by atoms with Gasteiger partial charge in [0, 0.05) is 5.39 Å². The van der Waals surface area contributed by atoms with E-state index in [0.29, 0.717) is 16.9 Å². The van der Waals surface area contributed by atoms with Crippen LogP contribution in [0, 0.1) is 0 Å². The summed E-state index contributed by atoms with van der Waals surface area (Å²) in [6.07, 6.45) is 1.39. The predicted octanol–water partition coefficient (Wildman–Crippen LogP) is 2.54. The van der Waals surface area contributed by atoms with Crippen molar-refractivity contribution in [3.8, 4) is 0 Å². The van der Waals surface area contributed by atoms with Crippen LogP contribution in [-0.2, 0) is 0 Å². The van der Waals surface area contributed by atoms with Gasteiger partial charge in [-0.3, -0.25) is 4.79 Å². The maximum atomic E-state index is 12.0. The number of carbonyl (C=O) groups is 1. The van der Waals surface area contributed by atoms with E-state index in [1.165, 1.54) is 12.3 Å². The zero-order valence-corrected chi connectivity index (χ0v) is 11.7. The summed E-state index contributed by atoms with van der Waals surface area (Å²) < 4.78 is 10.2. The number of rotatable bonds is 3. The van der Waals surface area contributed by atoms with Gasteiger partial charge in [-0.1, -0.05) is 18.2 Å². The van der Waals surface area contributed by atoms with Crippen LogP contribution in [-0.4, -0.2) is 11.6 Å². The SMILES string of the molecule is C/C(=N/NC(=O)c1ccco1)c1cc2ccccc2oc1=O. The van der Waals surface area contributed by atoms with Crippen LogP contribution in [0.3, 0.4) is 0 Å². The van der Waals surface area contributed by atoms with Gasteiger partial charge in [0.05, 0.1) is 17.5 Å². The number of hydrogen-bond donors (Lipinski definition) is 1. The molecule has 0 spiro atoms. The lowest BCUT2D eigenvalue weighted by atomic mass is 10.1. The van der Waals surface area contributed by atoms with Crippen molar-refractivity contribution in [2.45, 2.75) is 6.92 Å². The third kappa shape index (κ3) is 2.67. The van der Waals surface area contributed by atoms with Crippen LogP contribution < -0.4 is 11.1 Å². The van der Waals surface area contributed by atoms with E-state index < -0.39 is 11.5 Å². The van der Waals surface area contributed by atoms with Gasteiger partial charge in [-0.05, 0) is 31.2 Å². The fourth-order valence-electron chi connectivity index (χ4n) is 1.97. The summed E-state index contributed by atoms with van der Waals surface area (Å²) in [5.41, 5.74) is 2.97. The highest BCUT2D eigenvalue weighted by Gasteiger charge is 2.10. The van der Waals surface area contributed by atoms with Crippen molar-refractivity contribution in [2.75, 3.05) is 0 Å². The number of carbonyl (C=O) groups excluding carboxylic acids is 1. The van der Waals surface area contributed by atoms with E-state index >= 15 is 0 Å². The molecule has 0 atom stereocenters. The summed E-state index contributed by atoms with van der Waals surface area (Å²) in [4.78, 5) is 23.7. The Morgan fingerprint density at radius 1 is 1.18 bits per heavy atom. The molecular formula is C16H12N2O4. The summed E-state index contributed by atoms with van der Waals surface area (Å²) in [6, 6.07) is 12.0. The lowest BCUT2D eigenvalue weighted by molar-refractivity contribution is 0.0927. The molecule has 6 heteroatoms. The fraction of sp³-hybridized carbons (Fsp3) is 0.0625. The lowest BCUT2D eigenvalue weighted by Crippen LogP contribution is -2.21. The molecule has 0 aliphatic rings. The minimum absolute atomic E-state index is 0.141. The zero-order valence-electron chi connectivity index (χ0n) is 11.7. The van der Waals surface area contributed by atoms with Gasteiger partial charge in [0.1, 0.15) is 5.58 Å². The number of hydrazone groups is 1. The highest BCUT2D eigenvalue weighted by atomic mass is 16.4. The third-order valence-corrected chi connectivity index (χ3v) is 3.10. The Bertz CT molecular complexity index is 907. The van der Waals surface area contributed by atoms with E-state index in [4.69, 9.17) is 8.83 Å². The lowest BCUT2D eigenvalue weighted by Gasteiger charge is -2.02. The Hall–Kier alpha value is -3.15. The van der Waals surface area contributed by atoms with Gasteiger partial charge in [-0.2, -0.15) is 5.10 Å². The summed E-state index contributed by atoms with van der Waals surface area (Å²) in [5, 5.41) is 4.70. The molecule has 2 heterocycles. The van der Waals surface area contributed by atoms with E-state index in [1.807, 2.05) is 12.1 Å². The first kappa shape index (κ1) is 13.8. The molecule has 0 aliphatic carbocycles. The van der Waals surface area contributed by atoms with Crippen LogP contribution >= 0.6 is 0 Å². The van der Waals surface area contributed by atoms with Gasteiger partial charge in [0.15, 0.2) is 5.76 Å². The van der Waals surface area contributed by atoms with E-state index in [2.05, 4.69) is 10.5 Å². The smallest absolute Gasteiger partial charge is 0.345 e. The number of amides is 1. The average Bonchev–Trinajstić information content (AvgIpc) is 3.06. The quantitative estimate of drug-likeness (QED) is 0.457. The van der Waals surface area contributed by atoms with E-state index in [-0.39, 0.29) is 5.76 Å². The summed E-state index contributed by atoms with van der Waals surface area (Å²) >= 11 is 0. The largest absolute Gasteiger partial charge is 0.459 e. The molecule has 0 unspecified atom stereocenters. The molecule has 110 valence electrons. The van der Waals surface area contributed by atoms with Crippen LogP contribution in [0.4, 0.5) is 0 Å². The van der Waals surface area contributed by atoms with Crippen LogP contribution in [0.15, 0.2) is 67.5 Å². The Labute approximate surface area is 125 Å². The van der Waals surface area contributed by atoms with Crippen molar-refractivity contribution < 1.29 is 13.6 Å². The van der Waals surface area contributed by atoms with Crippen LogP contribution in [0.25, 0.3) is 11.0 Å². The van der Waals surface area contributed by atoms with Crippen molar-refractivity contribution in [3.05, 3.63) is 70.5 Å². The van der Waals surface area contributed by atoms with Gasteiger partial charge < -0.3 is 8.83 Å². The molecule has 22 heavy (non-hydrogen) atoms. The minimum Gasteiger partial charge on any atom is -0.459 e. The molecular weight excluding hydrogens is 284 g/mol. The predicted molar refractivity (Wildman–Crippen MR) is 80.9 cm³/mol. The number of hydrogen-bond acceptors (Lipinski definition) is 5. The maximum absolute atomic E-state index is 12.0. The Kier molecular flexibility index (Phi) is 3.57. The number of nitrogens with zero attached hydrogens (tertiary/aromatic N) is 1. The molecule has 0 saturated carbocycles. The van der Waals surface area contributed by atoms with Gasteiger partial charge in [-0.15, -0.1) is 0 Å². The van der Waals surface area contributed by atoms with Crippen LogP contribution in [0.5, 0.6) is 0 Å². The Balaban J connectivity index is 1.89. The van der Waals surface area contributed by atoms with E-state index in [1.54, 1.807) is 31.2 Å². The fourth-order valence-corrected chi connectivity index (χ4v) is 1.97. The third-order valence-electron chi connectivity index (χ3n) is 3.10. The van der Waals surface area contributed by atoms with Crippen LogP contribution in [0.1, 0.15) is 23.0 Å². The highest BCUT2D eigenvalue weighted by molar-refractivity contribution is 6.01. The first-order chi connectivity index (χ1) is 10.6. The van der Waals surface area contributed by atoms with Crippen molar-refractivity contribution in [2.24, 2.45) is 5.10 Å². The van der Waals surface area contributed by atoms with Crippen molar-refractivity contribution >= 4 is 22.6 Å². The topological polar surface area (TPSA) is 84.8 Å². The van der Waals surface area contributed by atoms with E-state index in [0.717, 1.165) is 5.39 Å². The monoisotopic (exact) mass is 296 g/mol. The van der Waals surface area contributed by atoms with Crippen molar-refractivity contribution in [1.29, 1.82) is 0 Å². The number of furan rings is 1. The molecule has 2 aromatic heterocycles. The van der Waals surface area contributed by atoms with Crippen molar-refractivity contribution in [3.63, 3.8) is 0 Å². The number of para-hydroxylation sites is 1. The molecule has 0 bridgehead atoms. The molecule has 0 saturated heterocycles. The molecule has 0 fully saturated rings. The summed E-state index contributed by atoms with van der Waals surface area (Å²) in [7, 11) is 0. The molecule has 1 N–H and O–H groups in total. The average molecular weight is 296 g/mol. The van der Waals surface area contributed by atoms with Gasteiger partial charge in [0.2, 0.25) is 0 Å². The van der Waals surface area contributed by atoms with Crippen LogP contribution in [0.2, 0.25) is 0 Å². The Morgan fingerprint density at radius 2 is 2.00 bits per heavy atom. The first-order valence-corrected chi connectivity index (χ1v) is 6.56. The number of fused-ring (bicyclic) bond motifs is 1. The highest BCUT2D eigenvalue weighted by Crippen LogP contribution is 2.13. The second kappa shape index (κ2) is 5.69. The Morgan fingerprint density at radius 3 is 2.77 bits per heavy atom. The molecule has 0 radical (unpaired) electrons. The summed E-state index contributed by atoms with van der Waals surface area (Å²) in [5.74, 6) is -0.350.